The summed E-state index contributed by atoms with van der Waals surface area (Å²) in [6.07, 6.45) is 1.06. The summed E-state index contributed by atoms with van der Waals surface area (Å²) in [4.78, 5) is 10.4. The molecule has 1 saturated heterocycles. The molecular weight excluding hydrogens is 158 g/mol. The summed E-state index contributed by atoms with van der Waals surface area (Å²) >= 11 is 0. The minimum Gasteiger partial charge on any atom is -0.481 e. The number of carboxylic acids is 1. The molecule has 0 aliphatic carbocycles. The summed E-state index contributed by atoms with van der Waals surface area (Å²) in [5, 5.41) is 21.2. The second-order valence-electron chi connectivity index (χ2n) is 3.25. The van der Waals surface area contributed by atoms with Gasteiger partial charge >= 0.3 is 5.97 Å². The molecule has 70 valence electrons. The lowest BCUT2D eigenvalue weighted by Crippen LogP contribution is -2.22. The van der Waals surface area contributed by atoms with E-state index in [0.717, 1.165) is 19.5 Å². The largest absolute Gasteiger partial charge is 0.481 e. The van der Waals surface area contributed by atoms with Crippen molar-refractivity contribution in [2.45, 2.75) is 25.4 Å². The monoisotopic (exact) mass is 173 g/mol. The topological polar surface area (TPSA) is 69.6 Å². The Morgan fingerprint density at radius 2 is 2.08 bits per heavy atom. The third kappa shape index (κ3) is 2.79. The van der Waals surface area contributed by atoms with Crippen LogP contribution in [0.25, 0.3) is 0 Å². The Labute approximate surface area is 71.6 Å². The van der Waals surface area contributed by atoms with Crippen LogP contribution in [-0.4, -0.2) is 35.4 Å². The lowest BCUT2D eigenvalue weighted by atomic mass is 9.94. The number of rotatable bonds is 2. The number of nitrogens with one attached hydrogen (secondary N) is 1. The second kappa shape index (κ2) is 4.42. The van der Waals surface area contributed by atoms with E-state index in [4.69, 9.17) is 5.11 Å². The molecule has 0 aromatic heterocycles. The predicted molar refractivity (Wildman–Crippen MR) is 43.9 cm³/mol. The van der Waals surface area contributed by atoms with Gasteiger partial charge in [0, 0.05) is 0 Å². The molecule has 0 aromatic carbocycles. The average Bonchev–Trinajstić information content (AvgIpc) is 2.16. The van der Waals surface area contributed by atoms with Gasteiger partial charge < -0.3 is 15.5 Å². The van der Waals surface area contributed by atoms with Crippen molar-refractivity contribution in [3.63, 3.8) is 0 Å². The van der Waals surface area contributed by atoms with E-state index in [1.165, 1.54) is 0 Å². The molecule has 2 atom stereocenters. The van der Waals surface area contributed by atoms with Crippen LogP contribution in [0.5, 0.6) is 0 Å². The number of aliphatic hydroxyl groups excluding tert-OH is 1. The van der Waals surface area contributed by atoms with Crippen molar-refractivity contribution < 1.29 is 15.0 Å². The summed E-state index contributed by atoms with van der Waals surface area (Å²) in [6, 6.07) is 0. The zero-order chi connectivity index (χ0) is 8.97. The van der Waals surface area contributed by atoms with Gasteiger partial charge in [-0.1, -0.05) is 0 Å². The lowest BCUT2D eigenvalue weighted by molar-refractivity contribution is -0.139. The molecule has 0 radical (unpaired) electrons. The fourth-order valence-electron chi connectivity index (χ4n) is 1.55. The molecule has 4 nitrogen and oxygen atoms in total. The Kier molecular flexibility index (Phi) is 3.49. The number of aliphatic carboxylic acids is 1. The zero-order valence-corrected chi connectivity index (χ0v) is 6.99. The average molecular weight is 173 g/mol. The van der Waals surface area contributed by atoms with Gasteiger partial charge in [-0.3, -0.25) is 4.79 Å². The normalized spacial score (nSPS) is 31.1. The molecular formula is C8H15NO3. The molecule has 1 fully saturated rings. The first-order valence-corrected chi connectivity index (χ1v) is 4.30. The maximum atomic E-state index is 10.4. The number of carboxylic acid groups (broad SMARTS) is 1. The molecule has 0 saturated carbocycles. The Bertz CT molecular complexity index is 160. The molecule has 2 unspecified atom stereocenters. The Morgan fingerprint density at radius 1 is 1.42 bits per heavy atom. The predicted octanol–water partition coefficient (Wildman–Crippen LogP) is -0.178. The summed E-state index contributed by atoms with van der Waals surface area (Å²) in [7, 11) is 0. The molecule has 1 aliphatic heterocycles. The van der Waals surface area contributed by atoms with Gasteiger partial charge in [0.2, 0.25) is 0 Å². The van der Waals surface area contributed by atoms with Crippen molar-refractivity contribution in [3.05, 3.63) is 0 Å². The molecule has 4 heteroatoms. The van der Waals surface area contributed by atoms with Crippen molar-refractivity contribution in [1.82, 2.24) is 5.32 Å². The first-order valence-electron chi connectivity index (χ1n) is 4.30. The van der Waals surface area contributed by atoms with Crippen LogP contribution in [0.2, 0.25) is 0 Å². The van der Waals surface area contributed by atoms with Crippen LogP contribution >= 0.6 is 0 Å². The van der Waals surface area contributed by atoms with Crippen LogP contribution in [0.1, 0.15) is 19.3 Å². The van der Waals surface area contributed by atoms with Gasteiger partial charge in [0.1, 0.15) is 0 Å². The third-order valence-corrected chi connectivity index (χ3v) is 2.29. The van der Waals surface area contributed by atoms with Gasteiger partial charge in [-0.05, 0) is 31.8 Å². The standard InChI is InChI=1S/C8H15NO3/c10-7-2-4-9-3-1-6(7)5-8(11)12/h6-7,9-10H,1-5H2,(H,11,12). The molecule has 12 heavy (non-hydrogen) atoms. The van der Waals surface area contributed by atoms with Crippen molar-refractivity contribution in [2.75, 3.05) is 13.1 Å². The number of carbonyl (C=O) groups is 1. The van der Waals surface area contributed by atoms with Crippen LogP contribution in [0, 0.1) is 5.92 Å². The summed E-state index contributed by atoms with van der Waals surface area (Å²) in [6.45, 7) is 1.60. The van der Waals surface area contributed by atoms with E-state index in [9.17, 15) is 9.90 Å². The third-order valence-electron chi connectivity index (χ3n) is 2.29. The summed E-state index contributed by atoms with van der Waals surface area (Å²) in [5.41, 5.74) is 0. The van der Waals surface area contributed by atoms with E-state index < -0.39 is 12.1 Å². The van der Waals surface area contributed by atoms with Crippen LogP contribution in [0.3, 0.4) is 0 Å². The highest BCUT2D eigenvalue weighted by Crippen LogP contribution is 2.17. The first-order chi connectivity index (χ1) is 5.70. The Balaban J connectivity index is 2.41. The second-order valence-corrected chi connectivity index (χ2v) is 3.25. The molecule has 1 rings (SSSR count). The number of aliphatic hydroxyl groups is 1. The number of hydrogen-bond acceptors (Lipinski definition) is 3. The van der Waals surface area contributed by atoms with Gasteiger partial charge in [0.05, 0.1) is 12.5 Å². The molecule has 0 bridgehead atoms. The molecule has 0 aromatic rings. The highest BCUT2D eigenvalue weighted by Gasteiger charge is 2.23. The maximum absolute atomic E-state index is 10.4. The van der Waals surface area contributed by atoms with E-state index in [2.05, 4.69) is 5.32 Å². The van der Waals surface area contributed by atoms with Gasteiger partial charge in [0.25, 0.3) is 0 Å². The number of hydrogen-bond donors (Lipinski definition) is 3. The quantitative estimate of drug-likeness (QED) is 0.542. The molecule has 0 spiro atoms. The fraction of sp³-hybridized carbons (Fsp3) is 0.875. The highest BCUT2D eigenvalue weighted by molar-refractivity contribution is 5.67. The van der Waals surface area contributed by atoms with Crippen molar-refractivity contribution in [2.24, 2.45) is 5.92 Å². The SMILES string of the molecule is O=C(O)CC1CCNCCC1O. The van der Waals surface area contributed by atoms with Gasteiger partial charge in [0.15, 0.2) is 0 Å². The highest BCUT2D eigenvalue weighted by atomic mass is 16.4. The van der Waals surface area contributed by atoms with Gasteiger partial charge in [-0.25, -0.2) is 0 Å². The summed E-state index contributed by atoms with van der Waals surface area (Å²) < 4.78 is 0. The van der Waals surface area contributed by atoms with Crippen LogP contribution < -0.4 is 5.32 Å². The first kappa shape index (κ1) is 9.48. The Hall–Kier alpha value is -0.610. The van der Waals surface area contributed by atoms with Crippen molar-refractivity contribution in [3.8, 4) is 0 Å². The van der Waals surface area contributed by atoms with Crippen LogP contribution in [0.15, 0.2) is 0 Å². The van der Waals surface area contributed by atoms with Gasteiger partial charge in [-0.2, -0.15) is 0 Å². The Morgan fingerprint density at radius 3 is 2.75 bits per heavy atom. The maximum Gasteiger partial charge on any atom is 0.303 e. The summed E-state index contributed by atoms with van der Waals surface area (Å²) in [5.74, 6) is -0.890. The van der Waals surface area contributed by atoms with E-state index in [1.54, 1.807) is 0 Å². The van der Waals surface area contributed by atoms with Crippen LogP contribution in [0.4, 0.5) is 0 Å². The van der Waals surface area contributed by atoms with E-state index in [-0.39, 0.29) is 12.3 Å². The van der Waals surface area contributed by atoms with E-state index in [1.807, 2.05) is 0 Å². The molecule has 3 N–H and O–H groups in total. The molecule has 0 amide bonds. The van der Waals surface area contributed by atoms with Gasteiger partial charge in [-0.15, -0.1) is 0 Å². The minimum atomic E-state index is -0.819. The fourth-order valence-corrected chi connectivity index (χ4v) is 1.55. The smallest absolute Gasteiger partial charge is 0.303 e. The van der Waals surface area contributed by atoms with Crippen molar-refractivity contribution in [1.29, 1.82) is 0 Å². The van der Waals surface area contributed by atoms with E-state index >= 15 is 0 Å². The minimum absolute atomic E-state index is 0.0718. The van der Waals surface area contributed by atoms with Crippen LogP contribution in [-0.2, 0) is 4.79 Å². The lowest BCUT2D eigenvalue weighted by Gasteiger charge is -2.16. The molecule has 1 aliphatic rings. The molecule has 1 heterocycles. The zero-order valence-electron chi connectivity index (χ0n) is 6.99. The van der Waals surface area contributed by atoms with Crippen molar-refractivity contribution >= 4 is 5.97 Å². The van der Waals surface area contributed by atoms with E-state index in [0.29, 0.717) is 6.42 Å².